The molecule has 1 saturated carbocycles. The highest BCUT2D eigenvalue weighted by atomic mass is 19.1. The molecule has 2 rings (SSSR count). The molecule has 0 spiro atoms. The normalized spacial score (nSPS) is 28.3. The summed E-state index contributed by atoms with van der Waals surface area (Å²) in [5, 5.41) is 3.53. The van der Waals surface area contributed by atoms with E-state index >= 15 is 0 Å². The van der Waals surface area contributed by atoms with Crippen molar-refractivity contribution in [3.63, 3.8) is 0 Å². The first kappa shape index (κ1) is 15.4. The zero-order valence-corrected chi connectivity index (χ0v) is 12.9. The second-order valence-corrected chi connectivity index (χ2v) is 6.33. The lowest BCUT2D eigenvalue weighted by Crippen LogP contribution is -2.34. The minimum Gasteiger partial charge on any atom is -0.308 e. The second-order valence-electron chi connectivity index (χ2n) is 6.33. The van der Waals surface area contributed by atoms with Crippen LogP contribution in [0.25, 0.3) is 0 Å². The molecule has 1 aliphatic carbocycles. The van der Waals surface area contributed by atoms with Gasteiger partial charge in [0, 0.05) is 6.20 Å². The van der Waals surface area contributed by atoms with Crippen molar-refractivity contribution < 1.29 is 4.39 Å². The van der Waals surface area contributed by atoms with Crippen LogP contribution in [0.4, 0.5) is 4.39 Å². The third-order valence-corrected chi connectivity index (χ3v) is 4.81. The van der Waals surface area contributed by atoms with E-state index in [1.54, 1.807) is 12.3 Å². The van der Waals surface area contributed by atoms with Crippen LogP contribution >= 0.6 is 0 Å². The number of nitrogens with zero attached hydrogens (tertiary/aromatic N) is 1. The summed E-state index contributed by atoms with van der Waals surface area (Å²) < 4.78 is 14.1. The van der Waals surface area contributed by atoms with Crippen molar-refractivity contribution in [1.82, 2.24) is 10.3 Å². The Labute approximate surface area is 122 Å². The molecule has 20 heavy (non-hydrogen) atoms. The summed E-state index contributed by atoms with van der Waals surface area (Å²) in [7, 11) is 0. The largest absolute Gasteiger partial charge is 0.308 e. The molecule has 112 valence electrons. The Kier molecular flexibility index (Phi) is 5.53. The molecule has 1 heterocycles. The van der Waals surface area contributed by atoms with Gasteiger partial charge in [-0.15, -0.1) is 0 Å². The van der Waals surface area contributed by atoms with Crippen LogP contribution in [0.2, 0.25) is 0 Å². The Morgan fingerprint density at radius 1 is 1.35 bits per heavy atom. The predicted molar refractivity (Wildman–Crippen MR) is 80.9 cm³/mol. The average molecular weight is 278 g/mol. The Morgan fingerprint density at radius 2 is 2.15 bits per heavy atom. The van der Waals surface area contributed by atoms with Crippen molar-refractivity contribution in [2.45, 2.75) is 52.5 Å². The summed E-state index contributed by atoms with van der Waals surface area (Å²) in [5.41, 5.74) is 0.604. The molecule has 4 atom stereocenters. The number of aromatic nitrogens is 1. The van der Waals surface area contributed by atoms with Gasteiger partial charge >= 0.3 is 0 Å². The molecular weight excluding hydrogens is 251 g/mol. The fourth-order valence-corrected chi connectivity index (χ4v) is 3.31. The lowest BCUT2D eigenvalue weighted by atomic mass is 9.72. The molecule has 4 unspecified atom stereocenters. The van der Waals surface area contributed by atoms with Crippen molar-refractivity contribution in [3.8, 4) is 0 Å². The van der Waals surface area contributed by atoms with Gasteiger partial charge in [-0.3, -0.25) is 4.98 Å². The SMILES string of the molecule is CCCNC(c1ncccc1F)C1CCC(C)C(C)C1. The summed E-state index contributed by atoms with van der Waals surface area (Å²) in [6, 6.07) is 3.25. The number of hydrogen-bond donors (Lipinski definition) is 1. The van der Waals surface area contributed by atoms with Gasteiger partial charge in [0.15, 0.2) is 0 Å². The van der Waals surface area contributed by atoms with Crippen LogP contribution in [0.1, 0.15) is 58.2 Å². The number of halogens is 1. The van der Waals surface area contributed by atoms with Crippen molar-refractivity contribution >= 4 is 0 Å². The van der Waals surface area contributed by atoms with Crippen LogP contribution in [0.15, 0.2) is 18.3 Å². The van der Waals surface area contributed by atoms with Crippen molar-refractivity contribution in [1.29, 1.82) is 0 Å². The lowest BCUT2D eigenvalue weighted by molar-refractivity contribution is 0.167. The van der Waals surface area contributed by atoms with Crippen LogP contribution in [0.5, 0.6) is 0 Å². The molecule has 0 aromatic carbocycles. The van der Waals surface area contributed by atoms with Gasteiger partial charge in [-0.05, 0) is 55.7 Å². The van der Waals surface area contributed by atoms with Crippen LogP contribution in [-0.2, 0) is 0 Å². The van der Waals surface area contributed by atoms with E-state index in [2.05, 4.69) is 31.1 Å². The molecular formula is C17H27FN2. The number of hydrogen-bond acceptors (Lipinski definition) is 2. The minimum absolute atomic E-state index is 0.0612. The Morgan fingerprint density at radius 3 is 2.80 bits per heavy atom. The number of nitrogens with one attached hydrogen (secondary N) is 1. The maximum absolute atomic E-state index is 14.1. The van der Waals surface area contributed by atoms with Crippen LogP contribution < -0.4 is 5.32 Å². The topological polar surface area (TPSA) is 24.9 Å². The fraction of sp³-hybridized carbons (Fsp3) is 0.706. The van der Waals surface area contributed by atoms with Gasteiger partial charge in [-0.2, -0.15) is 0 Å². The van der Waals surface area contributed by atoms with E-state index in [-0.39, 0.29) is 11.9 Å². The zero-order valence-electron chi connectivity index (χ0n) is 12.9. The van der Waals surface area contributed by atoms with Gasteiger partial charge in [0.1, 0.15) is 5.82 Å². The molecule has 1 aromatic heterocycles. The minimum atomic E-state index is -0.174. The first-order chi connectivity index (χ1) is 9.63. The molecule has 0 amide bonds. The monoisotopic (exact) mass is 278 g/mol. The number of pyridine rings is 1. The van der Waals surface area contributed by atoms with Gasteiger partial charge < -0.3 is 5.32 Å². The fourth-order valence-electron chi connectivity index (χ4n) is 3.31. The maximum Gasteiger partial charge on any atom is 0.146 e. The second kappa shape index (κ2) is 7.16. The molecule has 0 saturated heterocycles. The van der Waals surface area contributed by atoms with Gasteiger partial charge in [0.25, 0.3) is 0 Å². The van der Waals surface area contributed by atoms with E-state index in [1.807, 2.05) is 0 Å². The smallest absolute Gasteiger partial charge is 0.146 e. The summed E-state index contributed by atoms with van der Waals surface area (Å²) in [6.07, 6.45) is 6.34. The molecule has 1 N–H and O–H groups in total. The van der Waals surface area contributed by atoms with Crippen molar-refractivity contribution in [3.05, 3.63) is 29.8 Å². The maximum atomic E-state index is 14.1. The van der Waals surface area contributed by atoms with E-state index in [0.29, 0.717) is 17.5 Å². The summed E-state index contributed by atoms with van der Waals surface area (Å²) >= 11 is 0. The summed E-state index contributed by atoms with van der Waals surface area (Å²) in [5.74, 6) is 1.82. The van der Waals surface area contributed by atoms with Crippen molar-refractivity contribution in [2.75, 3.05) is 6.54 Å². The highest BCUT2D eigenvalue weighted by molar-refractivity contribution is 5.13. The van der Waals surface area contributed by atoms with Crippen LogP contribution in [0.3, 0.4) is 0 Å². The van der Waals surface area contributed by atoms with E-state index in [0.717, 1.165) is 18.9 Å². The van der Waals surface area contributed by atoms with E-state index in [4.69, 9.17) is 0 Å². The van der Waals surface area contributed by atoms with Gasteiger partial charge in [0.05, 0.1) is 11.7 Å². The molecule has 1 aliphatic rings. The molecule has 0 radical (unpaired) electrons. The first-order valence-corrected chi connectivity index (χ1v) is 7.97. The highest BCUT2D eigenvalue weighted by Crippen LogP contribution is 2.39. The van der Waals surface area contributed by atoms with Crippen molar-refractivity contribution in [2.24, 2.45) is 17.8 Å². The average Bonchev–Trinajstić information content (AvgIpc) is 2.44. The summed E-state index contributed by atoms with van der Waals surface area (Å²) in [4.78, 5) is 4.31. The number of rotatable bonds is 5. The summed E-state index contributed by atoms with van der Waals surface area (Å²) in [6.45, 7) is 7.71. The molecule has 1 aromatic rings. The Bertz CT molecular complexity index is 421. The molecule has 3 heteroatoms. The molecule has 0 bridgehead atoms. The third-order valence-electron chi connectivity index (χ3n) is 4.81. The highest BCUT2D eigenvalue weighted by Gasteiger charge is 2.32. The third kappa shape index (κ3) is 3.57. The Balaban J connectivity index is 2.17. The molecule has 1 fully saturated rings. The Hall–Kier alpha value is -0.960. The van der Waals surface area contributed by atoms with E-state index in [1.165, 1.54) is 25.3 Å². The van der Waals surface area contributed by atoms with Gasteiger partial charge in [-0.1, -0.05) is 27.2 Å². The van der Waals surface area contributed by atoms with Crippen LogP contribution in [-0.4, -0.2) is 11.5 Å². The van der Waals surface area contributed by atoms with E-state index in [9.17, 15) is 4.39 Å². The standard InChI is InChI=1S/C17H27FN2/c1-4-9-19-16(17-15(18)6-5-10-20-17)14-8-7-12(2)13(3)11-14/h5-6,10,12-14,16,19H,4,7-9,11H2,1-3H3. The molecule has 0 aliphatic heterocycles. The first-order valence-electron chi connectivity index (χ1n) is 7.97. The zero-order chi connectivity index (χ0) is 14.5. The predicted octanol–water partition coefficient (Wildman–Crippen LogP) is 4.33. The van der Waals surface area contributed by atoms with E-state index < -0.39 is 0 Å². The molecule has 2 nitrogen and oxygen atoms in total. The van der Waals surface area contributed by atoms with Crippen LogP contribution in [0, 0.1) is 23.6 Å². The lowest BCUT2D eigenvalue weighted by Gasteiger charge is -2.37. The van der Waals surface area contributed by atoms with Gasteiger partial charge in [-0.25, -0.2) is 4.39 Å². The quantitative estimate of drug-likeness (QED) is 0.867. The van der Waals surface area contributed by atoms with Gasteiger partial charge in [0.2, 0.25) is 0 Å².